The summed E-state index contributed by atoms with van der Waals surface area (Å²) in [6, 6.07) is 25.5. The van der Waals surface area contributed by atoms with E-state index < -0.39 is 12.2 Å². The van der Waals surface area contributed by atoms with Gasteiger partial charge in [0.2, 0.25) is 0 Å². The molecule has 0 spiro atoms. The van der Waals surface area contributed by atoms with Crippen LogP contribution in [0, 0.1) is 0 Å². The molecule has 0 fully saturated rings. The molecule has 0 aliphatic carbocycles. The number of nitrogens with one attached hydrogen (secondary N) is 2. The maximum atomic E-state index is 12.7. The molecule has 3 rings (SSSR count). The maximum absolute atomic E-state index is 12.7. The number of amides is 2. The van der Waals surface area contributed by atoms with Crippen molar-refractivity contribution in [3.8, 4) is 11.5 Å². The Labute approximate surface area is 188 Å². The standard InChI is InChI=1S/C26H28N2O4/c1-3-23(31-21-14-7-5-8-15-21)25(29)27-19-12-11-13-20(18-19)28-26(30)24(4-2)32-22-16-9-6-10-17-22/h5-18,23-24H,3-4H2,1-2H3,(H,27,29)(H,28,30)/t23-,24+. The lowest BCUT2D eigenvalue weighted by atomic mass is 10.2. The molecule has 3 aromatic rings. The second-order valence-electron chi connectivity index (χ2n) is 7.21. The van der Waals surface area contributed by atoms with E-state index in [9.17, 15) is 9.59 Å². The lowest BCUT2D eigenvalue weighted by Gasteiger charge is -2.19. The van der Waals surface area contributed by atoms with Crippen LogP contribution in [-0.2, 0) is 9.59 Å². The third kappa shape index (κ3) is 6.60. The number of ether oxygens (including phenoxy) is 2. The number of rotatable bonds is 10. The van der Waals surface area contributed by atoms with Gasteiger partial charge in [0.1, 0.15) is 11.5 Å². The van der Waals surface area contributed by atoms with Crippen LogP contribution in [0.4, 0.5) is 11.4 Å². The summed E-state index contributed by atoms with van der Waals surface area (Å²) in [7, 11) is 0. The second-order valence-corrected chi connectivity index (χ2v) is 7.21. The number of carbonyl (C=O) groups excluding carboxylic acids is 2. The predicted octanol–water partition coefficient (Wildman–Crippen LogP) is 5.28. The van der Waals surface area contributed by atoms with E-state index >= 15 is 0 Å². The van der Waals surface area contributed by atoms with Gasteiger partial charge in [0, 0.05) is 11.4 Å². The molecule has 0 unspecified atom stereocenters. The number of hydrogen-bond donors (Lipinski definition) is 2. The van der Waals surface area contributed by atoms with Gasteiger partial charge in [-0.25, -0.2) is 0 Å². The number of para-hydroxylation sites is 2. The van der Waals surface area contributed by atoms with Crippen molar-refractivity contribution in [3.63, 3.8) is 0 Å². The molecule has 3 aromatic carbocycles. The molecular formula is C26H28N2O4. The number of benzene rings is 3. The highest BCUT2D eigenvalue weighted by atomic mass is 16.5. The summed E-state index contributed by atoms with van der Waals surface area (Å²) >= 11 is 0. The molecule has 32 heavy (non-hydrogen) atoms. The van der Waals surface area contributed by atoms with Crippen molar-refractivity contribution in [2.24, 2.45) is 0 Å². The fraction of sp³-hybridized carbons (Fsp3) is 0.231. The van der Waals surface area contributed by atoms with Gasteiger partial charge >= 0.3 is 0 Å². The summed E-state index contributed by atoms with van der Waals surface area (Å²) in [5.74, 6) is 0.774. The zero-order valence-electron chi connectivity index (χ0n) is 18.3. The molecular weight excluding hydrogens is 404 g/mol. The van der Waals surface area contributed by atoms with Gasteiger partial charge in [-0.05, 0) is 55.3 Å². The molecule has 0 aromatic heterocycles. The summed E-state index contributed by atoms with van der Waals surface area (Å²) in [6.45, 7) is 3.78. The minimum absolute atomic E-state index is 0.251. The average Bonchev–Trinajstić information content (AvgIpc) is 2.82. The number of hydrogen-bond acceptors (Lipinski definition) is 4. The highest BCUT2D eigenvalue weighted by molar-refractivity contribution is 5.97. The summed E-state index contributed by atoms with van der Waals surface area (Å²) in [5, 5.41) is 5.73. The first kappa shape index (κ1) is 22.9. The SMILES string of the molecule is CC[C@H](Oc1ccccc1)C(=O)Nc1cccc(NC(=O)[C@@H](CC)Oc2ccccc2)c1. The van der Waals surface area contributed by atoms with Gasteiger partial charge in [-0.2, -0.15) is 0 Å². The zero-order chi connectivity index (χ0) is 22.8. The molecule has 0 saturated carbocycles. The Bertz CT molecular complexity index is 930. The minimum atomic E-state index is -0.626. The molecule has 0 aliphatic heterocycles. The monoisotopic (exact) mass is 432 g/mol. The van der Waals surface area contributed by atoms with Crippen LogP contribution in [0.15, 0.2) is 84.9 Å². The third-order valence-electron chi connectivity index (χ3n) is 4.77. The van der Waals surface area contributed by atoms with E-state index in [0.717, 1.165) is 0 Å². The van der Waals surface area contributed by atoms with Gasteiger partial charge in [-0.1, -0.05) is 56.3 Å². The van der Waals surface area contributed by atoms with E-state index in [1.54, 1.807) is 24.3 Å². The first-order chi connectivity index (χ1) is 15.6. The molecule has 2 atom stereocenters. The Morgan fingerprint density at radius 1 is 0.656 bits per heavy atom. The fourth-order valence-corrected chi connectivity index (χ4v) is 3.09. The van der Waals surface area contributed by atoms with E-state index in [2.05, 4.69) is 10.6 Å². The quantitative estimate of drug-likeness (QED) is 0.457. The van der Waals surface area contributed by atoms with E-state index in [0.29, 0.717) is 35.7 Å². The Hall–Kier alpha value is -3.80. The number of carbonyl (C=O) groups is 2. The molecule has 166 valence electrons. The third-order valence-corrected chi connectivity index (χ3v) is 4.77. The van der Waals surface area contributed by atoms with E-state index in [4.69, 9.17) is 9.47 Å². The Kier molecular flexibility index (Phi) is 8.26. The van der Waals surface area contributed by atoms with Crippen LogP contribution in [0.1, 0.15) is 26.7 Å². The van der Waals surface area contributed by atoms with Crippen LogP contribution in [0.2, 0.25) is 0 Å². The lowest BCUT2D eigenvalue weighted by molar-refractivity contribution is -0.123. The topological polar surface area (TPSA) is 76.7 Å². The van der Waals surface area contributed by atoms with Gasteiger partial charge in [0.05, 0.1) is 0 Å². The van der Waals surface area contributed by atoms with Gasteiger partial charge in [-0.3, -0.25) is 9.59 Å². The van der Waals surface area contributed by atoms with Crippen LogP contribution < -0.4 is 20.1 Å². The van der Waals surface area contributed by atoms with E-state index in [1.807, 2.05) is 74.5 Å². The smallest absolute Gasteiger partial charge is 0.265 e. The van der Waals surface area contributed by atoms with Crippen LogP contribution in [0.25, 0.3) is 0 Å². The molecule has 0 heterocycles. The van der Waals surface area contributed by atoms with E-state index in [1.165, 1.54) is 0 Å². The van der Waals surface area contributed by atoms with Crippen LogP contribution in [0.3, 0.4) is 0 Å². The normalized spacial score (nSPS) is 12.3. The first-order valence-electron chi connectivity index (χ1n) is 10.7. The molecule has 6 nitrogen and oxygen atoms in total. The summed E-state index contributed by atoms with van der Waals surface area (Å²) in [6.07, 6.45) is -0.211. The Morgan fingerprint density at radius 3 is 1.44 bits per heavy atom. The summed E-state index contributed by atoms with van der Waals surface area (Å²) in [4.78, 5) is 25.4. The van der Waals surface area contributed by atoms with Crippen LogP contribution in [0.5, 0.6) is 11.5 Å². The first-order valence-corrected chi connectivity index (χ1v) is 10.7. The van der Waals surface area contributed by atoms with Crippen molar-refractivity contribution >= 4 is 23.2 Å². The minimum Gasteiger partial charge on any atom is -0.481 e. The zero-order valence-corrected chi connectivity index (χ0v) is 18.3. The largest absolute Gasteiger partial charge is 0.481 e. The van der Waals surface area contributed by atoms with Crippen LogP contribution in [-0.4, -0.2) is 24.0 Å². The lowest BCUT2D eigenvalue weighted by Crippen LogP contribution is -2.33. The predicted molar refractivity (Wildman–Crippen MR) is 126 cm³/mol. The van der Waals surface area contributed by atoms with Gasteiger partial charge in [0.25, 0.3) is 11.8 Å². The Morgan fingerprint density at radius 2 is 1.06 bits per heavy atom. The van der Waals surface area contributed by atoms with Gasteiger partial charge in [0.15, 0.2) is 12.2 Å². The average molecular weight is 433 g/mol. The molecule has 2 amide bonds. The molecule has 0 radical (unpaired) electrons. The number of anilines is 2. The molecule has 0 saturated heterocycles. The second kappa shape index (κ2) is 11.6. The van der Waals surface area contributed by atoms with Crippen molar-refractivity contribution in [2.45, 2.75) is 38.9 Å². The summed E-state index contributed by atoms with van der Waals surface area (Å²) in [5.41, 5.74) is 1.14. The van der Waals surface area contributed by atoms with Gasteiger partial charge in [-0.15, -0.1) is 0 Å². The molecule has 2 N–H and O–H groups in total. The van der Waals surface area contributed by atoms with Crippen molar-refractivity contribution in [1.29, 1.82) is 0 Å². The van der Waals surface area contributed by atoms with E-state index in [-0.39, 0.29) is 11.8 Å². The van der Waals surface area contributed by atoms with Crippen molar-refractivity contribution in [2.75, 3.05) is 10.6 Å². The van der Waals surface area contributed by atoms with Gasteiger partial charge < -0.3 is 20.1 Å². The molecule has 0 bridgehead atoms. The fourth-order valence-electron chi connectivity index (χ4n) is 3.09. The summed E-state index contributed by atoms with van der Waals surface area (Å²) < 4.78 is 11.6. The van der Waals surface area contributed by atoms with Crippen molar-refractivity contribution in [1.82, 2.24) is 0 Å². The maximum Gasteiger partial charge on any atom is 0.265 e. The molecule has 6 heteroatoms. The highest BCUT2D eigenvalue weighted by Gasteiger charge is 2.20. The highest BCUT2D eigenvalue weighted by Crippen LogP contribution is 2.19. The Balaban J connectivity index is 1.61. The molecule has 0 aliphatic rings. The van der Waals surface area contributed by atoms with Crippen LogP contribution >= 0.6 is 0 Å². The van der Waals surface area contributed by atoms with Crippen molar-refractivity contribution in [3.05, 3.63) is 84.9 Å². The van der Waals surface area contributed by atoms with Crippen molar-refractivity contribution < 1.29 is 19.1 Å².